The smallest absolute Gasteiger partial charge is 0.333 e. The lowest BCUT2D eigenvalue weighted by Crippen LogP contribution is -2.34. The van der Waals surface area contributed by atoms with Gasteiger partial charge in [-0.25, -0.2) is 22.9 Å². The van der Waals surface area contributed by atoms with Gasteiger partial charge < -0.3 is 10.2 Å². The molecule has 0 saturated heterocycles. The number of sulfonamides is 1. The second-order valence-electron chi connectivity index (χ2n) is 9.57. The van der Waals surface area contributed by atoms with E-state index in [-0.39, 0.29) is 7.75 Å². The van der Waals surface area contributed by atoms with Gasteiger partial charge in [0.1, 0.15) is 10.7 Å². The first-order valence-electron chi connectivity index (χ1n) is 12.1. The van der Waals surface area contributed by atoms with Gasteiger partial charge in [-0.2, -0.15) is 5.10 Å². The van der Waals surface area contributed by atoms with E-state index >= 15 is 0 Å². The summed E-state index contributed by atoms with van der Waals surface area (Å²) in [4.78, 5) is 19.4. The first-order chi connectivity index (χ1) is 17.3. The largest absolute Gasteiger partial charge is 0.362 e. The van der Waals surface area contributed by atoms with Crippen LogP contribution in [0.5, 0.6) is 0 Å². The number of nitrogens with one attached hydrogen (secondary N) is 2. The van der Waals surface area contributed by atoms with Crippen molar-refractivity contribution in [1.82, 2.24) is 19.5 Å². The molecule has 36 heavy (non-hydrogen) atoms. The molecule has 2 N–H and O–H groups in total. The van der Waals surface area contributed by atoms with Crippen LogP contribution in [0.2, 0.25) is 0 Å². The van der Waals surface area contributed by atoms with Crippen LogP contribution in [0.4, 0.5) is 16.3 Å². The standard InChI is InChI=1S/C26H30N6O3S.2H2/c1-4-20-22(12-13-27-25(20)31(2)3)23-11-10-18-6-5-7-21(18)24(23)29-26(33)30-36(34,35)19-14-28-32(16-19)15-17-8-9-17;;/h4,10-14,16-17H,1,5-9,15H2,2-3H3,(H2,29,30,33);2*1H. The van der Waals surface area contributed by atoms with E-state index in [0.717, 1.165) is 65.7 Å². The number of amides is 2. The molecule has 0 atom stereocenters. The summed E-state index contributed by atoms with van der Waals surface area (Å²) in [7, 11) is -0.257. The second-order valence-corrected chi connectivity index (χ2v) is 11.3. The minimum atomic E-state index is -4.07. The maximum atomic E-state index is 13.0. The number of pyridine rings is 1. The number of urea groups is 1. The lowest BCUT2D eigenvalue weighted by atomic mass is 9.94. The number of hydrogen-bond acceptors (Lipinski definition) is 6. The molecule has 0 radical (unpaired) electrons. The van der Waals surface area contributed by atoms with Gasteiger partial charge in [-0.1, -0.05) is 24.8 Å². The molecule has 192 valence electrons. The van der Waals surface area contributed by atoms with Gasteiger partial charge in [0.15, 0.2) is 0 Å². The minimum absolute atomic E-state index is 0. The van der Waals surface area contributed by atoms with E-state index in [1.165, 1.54) is 12.4 Å². The highest BCUT2D eigenvalue weighted by molar-refractivity contribution is 7.90. The Morgan fingerprint density at radius 2 is 2.06 bits per heavy atom. The highest BCUT2D eigenvalue weighted by atomic mass is 32.2. The molecule has 0 aliphatic heterocycles. The number of carbonyl (C=O) groups is 1. The summed E-state index contributed by atoms with van der Waals surface area (Å²) in [5.74, 6) is 1.31. The molecular formula is C26H34N6O3S. The van der Waals surface area contributed by atoms with E-state index < -0.39 is 16.1 Å². The molecule has 2 heterocycles. The Hall–Kier alpha value is -3.66. The third-order valence-corrected chi connectivity index (χ3v) is 7.98. The number of rotatable bonds is 8. The van der Waals surface area contributed by atoms with Crippen LogP contribution in [-0.4, -0.2) is 43.3 Å². The Kier molecular flexibility index (Phi) is 6.29. The topological polar surface area (TPSA) is 109 Å². The average molecular weight is 511 g/mol. The number of hydrogen-bond donors (Lipinski definition) is 2. The van der Waals surface area contributed by atoms with Gasteiger partial charge in [0.05, 0.1) is 11.9 Å². The van der Waals surface area contributed by atoms with Crippen molar-refractivity contribution in [3.8, 4) is 11.1 Å². The van der Waals surface area contributed by atoms with Crippen molar-refractivity contribution in [2.75, 3.05) is 24.3 Å². The summed E-state index contributed by atoms with van der Waals surface area (Å²) >= 11 is 0. The van der Waals surface area contributed by atoms with Crippen LogP contribution in [0.15, 0.2) is 48.3 Å². The summed E-state index contributed by atoms with van der Waals surface area (Å²) in [6.45, 7) is 4.66. The first-order valence-corrected chi connectivity index (χ1v) is 13.6. The fraction of sp³-hybridized carbons (Fsp3) is 0.346. The van der Waals surface area contributed by atoms with Crippen LogP contribution in [0, 0.1) is 5.92 Å². The average Bonchev–Trinajstić information content (AvgIpc) is 3.29. The second kappa shape index (κ2) is 9.42. The summed E-state index contributed by atoms with van der Waals surface area (Å²) in [5, 5.41) is 7.00. The maximum absolute atomic E-state index is 13.0. The van der Waals surface area contributed by atoms with Crippen LogP contribution in [0.1, 0.15) is 38.8 Å². The molecule has 10 heteroatoms. The van der Waals surface area contributed by atoms with Crippen molar-refractivity contribution in [2.45, 2.75) is 43.5 Å². The van der Waals surface area contributed by atoms with Gasteiger partial charge in [-0.05, 0) is 60.8 Å². The SMILES string of the molecule is C=Cc1c(-c2ccc3c(c2NC(=O)NS(=O)(=O)c2cnn(CC4CC4)c2)CCC3)ccnc1N(C)C.[HH].[HH]. The van der Waals surface area contributed by atoms with E-state index in [1.54, 1.807) is 17.0 Å². The van der Waals surface area contributed by atoms with Crippen LogP contribution in [0.25, 0.3) is 17.2 Å². The summed E-state index contributed by atoms with van der Waals surface area (Å²) in [6.07, 6.45) is 11.2. The van der Waals surface area contributed by atoms with E-state index in [1.807, 2.05) is 31.1 Å². The quantitative estimate of drug-likeness (QED) is 0.460. The van der Waals surface area contributed by atoms with Gasteiger partial charge >= 0.3 is 6.03 Å². The zero-order chi connectivity index (χ0) is 25.4. The summed E-state index contributed by atoms with van der Waals surface area (Å²) < 4.78 is 29.6. The molecule has 3 aromatic rings. The predicted molar refractivity (Wildman–Crippen MR) is 145 cm³/mol. The monoisotopic (exact) mass is 510 g/mol. The number of nitrogens with zero attached hydrogens (tertiary/aromatic N) is 4. The third kappa shape index (κ3) is 4.73. The number of anilines is 2. The number of benzene rings is 1. The molecule has 1 aromatic carbocycles. The Balaban J connectivity index is 0.00000200. The minimum Gasteiger partial charge on any atom is -0.362 e. The summed E-state index contributed by atoms with van der Waals surface area (Å²) in [5.41, 5.74) is 5.27. The van der Waals surface area contributed by atoms with Gasteiger partial charge in [-0.3, -0.25) is 4.68 Å². The Morgan fingerprint density at radius 3 is 2.78 bits per heavy atom. The molecular weight excluding hydrogens is 476 g/mol. The van der Waals surface area contributed by atoms with Gasteiger partial charge in [0.25, 0.3) is 10.0 Å². The lowest BCUT2D eigenvalue weighted by Gasteiger charge is -2.21. The molecule has 0 spiro atoms. The van der Waals surface area contributed by atoms with Crippen LogP contribution in [-0.2, 0) is 29.4 Å². The Bertz CT molecular complexity index is 1450. The predicted octanol–water partition coefficient (Wildman–Crippen LogP) is 4.56. The Morgan fingerprint density at radius 1 is 1.25 bits per heavy atom. The van der Waals surface area contributed by atoms with Crippen molar-refractivity contribution in [3.63, 3.8) is 0 Å². The van der Waals surface area contributed by atoms with Crippen molar-refractivity contribution in [3.05, 3.63) is 60.1 Å². The van der Waals surface area contributed by atoms with E-state index in [4.69, 9.17) is 0 Å². The zero-order valence-corrected chi connectivity index (χ0v) is 21.3. The van der Waals surface area contributed by atoms with Gasteiger partial charge in [0, 0.05) is 47.0 Å². The van der Waals surface area contributed by atoms with Crippen molar-refractivity contribution >= 4 is 33.6 Å². The van der Waals surface area contributed by atoms with Crippen LogP contribution in [0.3, 0.4) is 0 Å². The molecule has 9 nitrogen and oxygen atoms in total. The molecule has 1 fully saturated rings. The van der Waals surface area contributed by atoms with E-state index in [0.29, 0.717) is 18.2 Å². The van der Waals surface area contributed by atoms with Crippen molar-refractivity contribution < 1.29 is 16.1 Å². The Labute approximate surface area is 214 Å². The third-order valence-electron chi connectivity index (χ3n) is 6.70. The van der Waals surface area contributed by atoms with Gasteiger partial charge in [-0.15, -0.1) is 0 Å². The molecule has 5 rings (SSSR count). The highest BCUT2D eigenvalue weighted by Crippen LogP contribution is 2.40. The summed E-state index contributed by atoms with van der Waals surface area (Å²) in [6, 6.07) is 5.12. The van der Waals surface area contributed by atoms with E-state index in [9.17, 15) is 13.2 Å². The molecule has 2 aromatic heterocycles. The number of carbonyl (C=O) groups excluding carboxylic acids is 1. The van der Waals surface area contributed by atoms with Gasteiger partial charge in [0.2, 0.25) is 0 Å². The van der Waals surface area contributed by atoms with Crippen molar-refractivity contribution in [2.24, 2.45) is 5.92 Å². The molecule has 0 unspecified atom stereocenters. The number of fused-ring (bicyclic) bond motifs is 1. The number of aryl methyl sites for hydroxylation is 1. The van der Waals surface area contributed by atoms with E-state index in [2.05, 4.69) is 32.8 Å². The fourth-order valence-corrected chi connectivity index (χ4v) is 5.62. The fourth-order valence-electron chi connectivity index (χ4n) is 4.76. The first kappa shape index (κ1) is 24.1. The number of aromatic nitrogens is 3. The molecule has 1 saturated carbocycles. The molecule has 2 amide bonds. The molecule has 2 aliphatic rings. The zero-order valence-electron chi connectivity index (χ0n) is 20.5. The molecule has 0 bridgehead atoms. The highest BCUT2D eigenvalue weighted by Gasteiger charge is 2.26. The van der Waals surface area contributed by atoms with Crippen molar-refractivity contribution in [1.29, 1.82) is 0 Å². The maximum Gasteiger partial charge on any atom is 0.333 e. The van der Waals surface area contributed by atoms with Crippen LogP contribution < -0.4 is 14.9 Å². The normalized spacial score (nSPS) is 14.8. The lowest BCUT2D eigenvalue weighted by molar-refractivity contribution is 0.256. The van der Waals surface area contributed by atoms with Crippen LogP contribution >= 0.6 is 0 Å². The molecule has 2 aliphatic carbocycles.